The molecule has 0 aliphatic carbocycles. The van der Waals surface area contributed by atoms with E-state index in [0.717, 1.165) is 10.6 Å². The number of hydrazine groups is 1. The summed E-state index contributed by atoms with van der Waals surface area (Å²) in [6.07, 6.45) is 0. The highest BCUT2D eigenvalue weighted by molar-refractivity contribution is 5.46. The van der Waals surface area contributed by atoms with E-state index in [1.54, 1.807) is 45.0 Å². The summed E-state index contributed by atoms with van der Waals surface area (Å²) in [5.41, 5.74) is 6.44. The van der Waals surface area contributed by atoms with Crippen molar-refractivity contribution in [3.8, 4) is 0 Å². The highest BCUT2D eigenvalue weighted by Gasteiger charge is 2.31. The van der Waals surface area contributed by atoms with Gasteiger partial charge in [0.15, 0.2) is 5.03 Å². The molecule has 0 amide bonds. The van der Waals surface area contributed by atoms with Crippen LogP contribution < -0.4 is 10.7 Å². The Morgan fingerprint density at radius 1 is 1.31 bits per heavy atom. The zero-order valence-electron chi connectivity index (χ0n) is 9.80. The number of hydrogen-bond acceptors (Lipinski definition) is 3. The van der Waals surface area contributed by atoms with Gasteiger partial charge in [-0.15, -0.1) is 0 Å². The van der Waals surface area contributed by atoms with Crippen LogP contribution in [-0.2, 0) is 6.54 Å². The lowest BCUT2D eigenvalue weighted by molar-refractivity contribution is -0.505. The SMILES string of the molecule is CC(C)(C)N(c1ccc(CN)cc1)[N+](=O)[O-]. The first-order valence-corrected chi connectivity index (χ1v) is 5.10. The molecule has 0 bridgehead atoms. The van der Waals surface area contributed by atoms with Crippen LogP contribution in [0.25, 0.3) is 0 Å². The summed E-state index contributed by atoms with van der Waals surface area (Å²) < 4.78 is 0. The third kappa shape index (κ3) is 2.70. The largest absolute Gasteiger partial charge is 0.326 e. The molecule has 5 heteroatoms. The van der Waals surface area contributed by atoms with E-state index in [0.29, 0.717) is 12.2 Å². The molecule has 0 unspecified atom stereocenters. The maximum atomic E-state index is 11.0. The van der Waals surface area contributed by atoms with E-state index in [2.05, 4.69) is 0 Å². The Kier molecular flexibility index (Phi) is 3.49. The number of hydrogen-bond donors (Lipinski definition) is 1. The molecular weight excluding hydrogens is 206 g/mol. The molecular formula is C11H17N3O2. The van der Waals surface area contributed by atoms with Crippen molar-refractivity contribution in [1.82, 2.24) is 0 Å². The van der Waals surface area contributed by atoms with Gasteiger partial charge in [0.25, 0.3) is 0 Å². The number of anilines is 1. The van der Waals surface area contributed by atoms with E-state index < -0.39 is 10.6 Å². The van der Waals surface area contributed by atoms with Crippen molar-refractivity contribution in [3.05, 3.63) is 39.9 Å². The fourth-order valence-electron chi connectivity index (χ4n) is 1.50. The van der Waals surface area contributed by atoms with Gasteiger partial charge in [0.2, 0.25) is 0 Å². The number of rotatable bonds is 3. The average Bonchev–Trinajstić information content (AvgIpc) is 2.16. The van der Waals surface area contributed by atoms with Gasteiger partial charge in [-0.1, -0.05) is 17.1 Å². The van der Waals surface area contributed by atoms with Crippen molar-refractivity contribution in [2.45, 2.75) is 32.9 Å². The number of nitro groups is 1. The van der Waals surface area contributed by atoms with Crippen molar-refractivity contribution >= 4 is 5.69 Å². The first-order valence-electron chi connectivity index (χ1n) is 5.10. The van der Waals surface area contributed by atoms with Gasteiger partial charge in [0.1, 0.15) is 5.69 Å². The van der Waals surface area contributed by atoms with Gasteiger partial charge in [-0.25, -0.2) is 10.1 Å². The molecule has 1 aromatic carbocycles. The smallest absolute Gasteiger partial charge is 0.165 e. The number of nitrogens with two attached hydrogens (primary N) is 1. The van der Waals surface area contributed by atoms with Crippen molar-refractivity contribution in [3.63, 3.8) is 0 Å². The van der Waals surface area contributed by atoms with Crippen LogP contribution >= 0.6 is 0 Å². The minimum Gasteiger partial charge on any atom is -0.326 e. The molecule has 16 heavy (non-hydrogen) atoms. The number of benzene rings is 1. The number of nitrogens with zero attached hydrogens (tertiary/aromatic N) is 2. The van der Waals surface area contributed by atoms with Crippen LogP contribution in [0.1, 0.15) is 26.3 Å². The van der Waals surface area contributed by atoms with Gasteiger partial charge in [0, 0.05) is 6.54 Å². The van der Waals surface area contributed by atoms with Crippen LogP contribution in [0, 0.1) is 10.1 Å². The maximum Gasteiger partial charge on any atom is 0.165 e. The van der Waals surface area contributed by atoms with E-state index in [9.17, 15) is 10.1 Å². The molecule has 0 aliphatic rings. The molecule has 0 heterocycles. The molecule has 1 aromatic rings. The van der Waals surface area contributed by atoms with Gasteiger partial charge in [-0.05, 0) is 38.5 Å². The predicted octanol–water partition coefficient (Wildman–Crippen LogP) is 1.94. The second kappa shape index (κ2) is 4.49. The van der Waals surface area contributed by atoms with Gasteiger partial charge in [0.05, 0.1) is 5.54 Å². The molecule has 0 saturated heterocycles. The monoisotopic (exact) mass is 223 g/mol. The Hall–Kier alpha value is -1.62. The summed E-state index contributed by atoms with van der Waals surface area (Å²) in [6.45, 7) is 5.83. The van der Waals surface area contributed by atoms with E-state index in [1.807, 2.05) is 0 Å². The highest BCUT2D eigenvalue weighted by atomic mass is 16.7. The molecule has 0 fully saturated rings. The molecule has 0 aromatic heterocycles. The van der Waals surface area contributed by atoms with Crippen LogP contribution in [0.5, 0.6) is 0 Å². The molecule has 0 aliphatic heterocycles. The third-order valence-corrected chi connectivity index (χ3v) is 2.22. The Labute approximate surface area is 95.0 Å². The molecule has 5 nitrogen and oxygen atoms in total. The van der Waals surface area contributed by atoms with Crippen molar-refractivity contribution < 1.29 is 5.03 Å². The lowest BCUT2D eigenvalue weighted by atomic mass is 10.1. The summed E-state index contributed by atoms with van der Waals surface area (Å²) in [4.78, 5) is 11.0. The lowest BCUT2D eigenvalue weighted by Crippen LogP contribution is -2.45. The zero-order valence-corrected chi connectivity index (χ0v) is 9.80. The quantitative estimate of drug-likeness (QED) is 0.627. The predicted molar refractivity (Wildman–Crippen MR) is 63.6 cm³/mol. The van der Waals surface area contributed by atoms with E-state index >= 15 is 0 Å². The van der Waals surface area contributed by atoms with E-state index in [1.165, 1.54) is 0 Å². The minimum absolute atomic E-state index is 0.391. The molecule has 88 valence electrons. The fraction of sp³-hybridized carbons (Fsp3) is 0.455. The molecule has 0 atom stereocenters. The Bertz CT molecular complexity index is 368. The molecule has 0 spiro atoms. The summed E-state index contributed by atoms with van der Waals surface area (Å²) in [5, 5.41) is 11.8. The van der Waals surface area contributed by atoms with Crippen LogP contribution in [0.3, 0.4) is 0 Å². The van der Waals surface area contributed by atoms with Gasteiger partial charge < -0.3 is 5.73 Å². The second-order valence-electron chi connectivity index (χ2n) is 4.59. The van der Waals surface area contributed by atoms with Crippen molar-refractivity contribution in [2.24, 2.45) is 5.73 Å². The average molecular weight is 223 g/mol. The molecule has 1 rings (SSSR count). The van der Waals surface area contributed by atoms with E-state index in [4.69, 9.17) is 5.73 Å². The van der Waals surface area contributed by atoms with Crippen LogP contribution in [0.2, 0.25) is 0 Å². The minimum atomic E-state index is -0.562. The Morgan fingerprint density at radius 2 is 1.81 bits per heavy atom. The van der Waals surface area contributed by atoms with Crippen LogP contribution in [0.15, 0.2) is 24.3 Å². The zero-order chi connectivity index (χ0) is 12.3. The third-order valence-electron chi connectivity index (χ3n) is 2.22. The van der Waals surface area contributed by atoms with E-state index in [-0.39, 0.29) is 0 Å². The van der Waals surface area contributed by atoms with Crippen LogP contribution in [-0.4, -0.2) is 10.6 Å². The van der Waals surface area contributed by atoms with Gasteiger partial charge in [-0.3, -0.25) is 0 Å². The summed E-state index contributed by atoms with van der Waals surface area (Å²) in [5.74, 6) is 0. The molecule has 0 radical (unpaired) electrons. The first-order chi connectivity index (χ1) is 7.36. The Balaban J connectivity index is 3.07. The van der Waals surface area contributed by atoms with Gasteiger partial charge in [-0.2, -0.15) is 0 Å². The molecule has 0 saturated carbocycles. The Morgan fingerprint density at radius 3 is 2.12 bits per heavy atom. The van der Waals surface area contributed by atoms with Crippen LogP contribution in [0.4, 0.5) is 5.69 Å². The molecule has 2 N–H and O–H groups in total. The second-order valence-corrected chi connectivity index (χ2v) is 4.59. The summed E-state index contributed by atoms with van der Waals surface area (Å²) in [7, 11) is 0. The lowest BCUT2D eigenvalue weighted by Gasteiger charge is -2.27. The fourth-order valence-corrected chi connectivity index (χ4v) is 1.50. The maximum absolute atomic E-state index is 11.0. The first kappa shape index (κ1) is 12.4. The topological polar surface area (TPSA) is 72.4 Å². The van der Waals surface area contributed by atoms with Crippen molar-refractivity contribution in [1.29, 1.82) is 0 Å². The van der Waals surface area contributed by atoms with Crippen molar-refractivity contribution in [2.75, 3.05) is 5.01 Å². The summed E-state index contributed by atoms with van der Waals surface area (Å²) >= 11 is 0. The normalized spacial score (nSPS) is 11.2. The van der Waals surface area contributed by atoms with Gasteiger partial charge >= 0.3 is 0 Å². The summed E-state index contributed by atoms with van der Waals surface area (Å²) in [6, 6.07) is 7.04. The standard InChI is InChI=1S/C11H17N3O2/c1-11(2,3)13(14(15)16)10-6-4-9(8-12)5-7-10/h4-7H,8,12H2,1-3H3. The highest BCUT2D eigenvalue weighted by Crippen LogP contribution is 2.23.